The Kier molecular flexibility index (Phi) is 4.45. The highest BCUT2D eigenvalue weighted by atomic mass is 14.9. The fourth-order valence-electron chi connectivity index (χ4n) is 0.690. The lowest BCUT2D eigenvalue weighted by Crippen LogP contribution is -2.29. The van der Waals surface area contributed by atoms with Gasteiger partial charge in [-0.05, 0) is 11.8 Å². The monoisotopic (exact) mass is 184 g/mol. The van der Waals surface area contributed by atoms with Crippen LogP contribution in [0, 0.1) is 17.3 Å². The van der Waals surface area contributed by atoms with Crippen LogP contribution in [0.3, 0.4) is 0 Å². The molecule has 13 heavy (non-hydrogen) atoms. The van der Waals surface area contributed by atoms with Gasteiger partial charge in [0.15, 0.2) is 0 Å². The first-order valence-corrected chi connectivity index (χ1v) is 5.05. The summed E-state index contributed by atoms with van der Waals surface area (Å²) in [5.41, 5.74) is 5.86. The number of rotatable bonds is 3. The van der Waals surface area contributed by atoms with E-state index in [1.54, 1.807) is 0 Å². The molecule has 0 aliphatic carbocycles. The molecule has 2 nitrogen and oxygen atoms in total. The molecule has 0 spiro atoms. The summed E-state index contributed by atoms with van der Waals surface area (Å²) in [5.74, 6) is 2.05. The fraction of sp³-hybridized carbons (Fsp3) is 0.909. The predicted molar refractivity (Wildman–Crippen MR) is 59.9 cm³/mol. The van der Waals surface area contributed by atoms with Crippen LogP contribution in [0.4, 0.5) is 0 Å². The highest BCUT2D eigenvalue weighted by Crippen LogP contribution is 2.15. The average Bonchev–Trinajstić information content (AvgIpc) is 1.97. The number of hydrogen-bond donors (Lipinski definition) is 1. The van der Waals surface area contributed by atoms with Gasteiger partial charge in [0.05, 0.1) is 5.84 Å². The molecule has 2 N–H and O–H groups in total. The molecule has 0 amide bonds. The number of aliphatic imine (C=N–C) groups is 1. The summed E-state index contributed by atoms with van der Waals surface area (Å²) in [7, 11) is 0. The van der Waals surface area contributed by atoms with E-state index in [2.05, 4.69) is 46.5 Å². The van der Waals surface area contributed by atoms with Crippen LogP contribution in [0.15, 0.2) is 4.99 Å². The maximum atomic E-state index is 5.85. The third-order valence-electron chi connectivity index (χ3n) is 2.46. The molecule has 1 atom stereocenters. The van der Waals surface area contributed by atoms with Crippen molar-refractivity contribution < 1.29 is 0 Å². The van der Waals surface area contributed by atoms with Crippen molar-refractivity contribution in [2.24, 2.45) is 28.0 Å². The van der Waals surface area contributed by atoms with Crippen molar-refractivity contribution >= 4 is 5.84 Å². The Bertz CT molecular complexity index is 175. The van der Waals surface area contributed by atoms with E-state index in [1.807, 2.05) is 0 Å². The average molecular weight is 184 g/mol. The Labute approximate surface area is 82.6 Å². The molecule has 0 saturated carbocycles. The van der Waals surface area contributed by atoms with Crippen LogP contribution < -0.4 is 5.73 Å². The van der Waals surface area contributed by atoms with Gasteiger partial charge in [0.25, 0.3) is 0 Å². The molecule has 0 rings (SSSR count). The van der Waals surface area contributed by atoms with E-state index in [1.165, 1.54) is 0 Å². The number of nitrogens with zero attached hydrogens (tertiary/aromatic N) is 1. The maximum Gasteiger partial charge on any atom is 0.0991 e. The molecule has 0 radical (unpaired) electrons. The molecule has 0 heterocycles. The van der Waals surface area contributed by atoms with Gasteiger partial charge in [-0.3, -0.25) is 4.99 Å². The van der Waals surface area contributed by atoms with Gasteiger partial charge in [0, 0.05) is 12.0 Å². The Morgan fingerprint density at radius 1 is 1.23 bits per heavy atom. The highest BCUT2D eigenvalue weighted by Gasteiger charge is 2.15. The molecular weight excluding hydrogens is 160 g/mol. The second-order valence-electron chi connectivity index (χ2n) is 5.20. The maximum absolute atomic E-state index is 5.85. The third-order valence-corrected chi connectivity index (χ3v) is 2.46. The molecule has 0 aromatic carbocycles. The van der Waals surface area contributed by atoms with Crippen molar-refractivity contribution in [3.63, 3.8) is 0 Å². The van der Waals surface area contributed by atoms with E-state index >= 15 is 0 Å². The van der Waals surface area contributed by atoms with Crippen LogP contribution in [-0.2, 0) is 0 Å². The number of nitrogens with two attached hydrogens (primary N) is 1. The van der Waals surface area contributed by atoms with Crippen LogP contribution in [0.2, 0.25) is 0 Å². The minimum atomic E-state index is 0.0106. The normalized spacial score (nSPS) is 16.4. The molecule has 0 aliphatic heterocycles. The topological polar surface area (TPSA) is 38.4 Å². The first kappa shape index (κ1) is 12.5. The minimum absolute atomic E-state index is 0.0106. The van der Waals surface area contributed by atoms with Gasteiger partial charge in [-0.25, -0.2) is 0 Å². The molecule has 1 unspecified atom stereocenters. The van der Waals surface area contributed by atoms with Crippen molar-refractivity contribution in [1.82, 2.24) is 0 Å². The molecular formula is C11H24N2. The predicted octanol–water partition coefficient (Wildman–Crippen LogP) is 2.68. The van der Waals surface area contributed by atoms with E-state index in [-0.39, 0.29) is 5.41 Å². The largest absolute Gasteiger partial charge is 0.387 e. The lowest BCUT2D eigenvalue weighted by molar-refractivity contribution is 0.428. The summed E-state index contributed by atoms with van der Waals surface area (Å²) < 4.78 is 0. The Morgan fingerprint density at radius 3 is 2.00 bits per heavy atom. The van der Waals surface area contributed by atoms with Crippen LogP contribution in [0.1, 0.15) is 41.5 Å². The lowest BCUT2D eigenvalue weighted by atomic mass is 9.94. The highest BCUT2D eigenvalue weighted by molar-refractivity contribution is 5.85. The van der Waals surface area contributed by atoms with E-state index < -0.39 is 0 Å². The van der Waals surface area contributed by atoms with Gasteiger partial charge < -0.3 is 5.73 Å². The van der Waals surface area contributed by atoms with Gasteiger partial charge in [0.2, 0.25) is 0 Å². The van der Waals surface area contributed by atoms with Crippen LogP contribution in [0.25, 0.3) is 0 Å². The van der Waals surface area contributed by atoms with Crippen molar-refractivity contribution in [2.75, 3.05) is 6.54 Å². The standard InChI is InChI=1S/C11H24N2/c1-8(2)9(3)7-13-10(12)11(4,5)6/h8-9H,7H2,1-6H3,(H2,12,13). The van der Waals surface area contributed by atoms with Gasteiger partial charge in [0.1, 0.15) is 0 Å². The molecule has 0 aromatic heterocycles. The number of hydrogen-bond acceptors (Lipinski definition) is 1. The molecule has 0 saturated heterocycles. The summed E-state index contributed by atoms with van der Waals surface area (Å²) in [5, 5.41) is 0. The van der Waals surface area contributed by atoms with Crippen molar-refractivity contribution in [3.8, 4) is 0 Å². The summed E-state index contributed by atoms with van der Waals surface area (Å²) >= 11 is 0. The lowest BCUT2D eigenvalue weighted by Gasteiger charge is -2.19. The quantitative estimate of drug-likeness (QED) is 0.531. The zero-order chi connectivity index (χ0) is 10.6. The molecule has 0 aromatic rings. The Morgan fingerprint density at radius 2 is 1.69 bits per heavy atom. The van der Waals surface area contributed by atoms with Gasteiger partial charge in [-0.1, -0.05) is 41.5 Å². The van der Waals surface area contributed by atoms with Crippen molar-refractivity contribution in [3.05, 3.63) is 0 Å². The van der Waals surface area contributed by atoms with Crippen molar-refractivity contribution in [1.29, 1.82) is 0 Å². The van der Waals surface area contributed by atoms with E-state index in [9.17, 15) is 0 Å². The second-order valence-corrected chi connectivity index (χ2v) is 5.20. The summed E-state index contributed by atoms with van der Waals surface area (Å²) in [6.07, 6.45) is 0. The molecule has 78 valence electrons. The van der Waals surface area contributed by atoms with Gasteiger partial charge >= 0.3 is 0 Å². The van der Waals surface area contributed by atoms with E-state index in [0.717, 1.165) is 12.4 Å². The molecule has 0 aliphatic rings. The zero-order valence-corrected chi connectivity index (χ0v) is 9.89. The van der Waals surface area contributed by atoms with Crippen LogP contribution in [0.5, 0.6) is 0 Å². The second kappa shape index (κ2) is 4.64. The van der Waals surface area contributed by atoms with Gasteiger partial charge in [-0.15, -0.1) is 0 Å². The Hall–Kier alpha value is -0.530. The summed E-state index contributed by atoms with van der Waals surface area (Å²) in [6, 6.07) is 0. The molecule has 0 bridgehead atoms. The third kappa shape index (κ3) is 4.91. The smallest absolute Gasteiger partial charge is 0.0991 e. The van der Waals surface area contributed by atoms with Crippen LogP contribution in [-0.4, -0.2) is 12.4 Å². The van der Waals surface area contributed by atoms with Crippen molar-refractivity contribution in [2.45, 2.75) is 41.5 Å². The van der Waals surface area contributed by atoms with Gasteiger partial charge in [-0.2, -0.15) is 0 Å². The zero-order valence-electron chi connectivity index (χ0n) is 9.89. The molecule has 2 heteroatoms. The minimum Gasteiger partial charge on any atom is -0.387 e. The van der Waals surface area contributed by atoms with E-state index in [0.29, 0.717) is 11.8 Å². The molecule has 0 fully saturated rings. The Balaban J connectivity index is 4.12. The first-order valence-electron chi connectivity index (χ1n) is 5.05. The summed E-state index contributed by atoms with van der Waals surface area (Å²) in [6.45, 7) is 13.8. The SMILES string of the molecule is CC(C)C(C)CN=C(N)C(C)(C)C. The number of amidine groups is 1. The van der Waals surface area contributed by atoms with Crippen LogP contribution >= 0.6 is 0 Å². The summed E-state index contributed by atoms with van der Waals surface area (Å²) in [4.78, 5) is 4.41. The first-order chi connectivity index (χ1) is 5.75. The fourth-order valence-corrected chi connectivity index (χ4v) is 0.690. The van der Waals surface area contributed by atoms with E-state index in [4.69, 9.17) is 5.73 Å².